The normalized spacial score (nSPS) is 29.6. The standard InChI is InChI=1S/C6H10IN/c1-4-5(7)2-3-6(4)8/h6H,2-3,8H2,1H3. The Morgan fingerprint density at radius 1 is 1.75 bits per heavy atom. The van der Waals surface area contributed by atoms with Gasteiger partial charge in [0.05, 0.1) is 0 Å². The molecule has 0 heterocycles. The van der Waals surface area contributed by atoms with Crippen LogP contribution in [0.4, 0.5) is 0 Å². The lowest BCUT2D eigenvalue weighted by atomic mass is 10.2. The molecule has 46 valence electrons. The van der Waals surface area contributed by atoms with Crippen LogP contribution in [0.15, 0.2) is 9.15 Å². The van der Waals surface area contributed by atoms with Crippen LogP contribution in [0.25, 0.3) is 0 Å². The number of rotatable bonds is 0. The Morgan fingerprint density at radius 2 is 2.38 bits per heavy atom. The minimum absolute atomic E-state index is 0.363. The predicted molar refractivity (Wildman–Crippen MR) is 43.9 cm³/mol. The topological polar surface area (TPSA) is 26.0 Å². The van der Waals surface area contributed by atoms with E-state index in [-0.39, 0.29) is 0 Å². The molecule has 8 heavy (non-hydrogen) atoms. The molecule has 0 saturated carbocycles. The average molecular weight is 223 g/mol. The second-order valence-electron chi connectivity index (χ2n) is 2.23. The van der Waals surface area contributed by atoms with Crippen molar-refractivity contribution in [3.8, 4) is 0 Å². The van der Waals surface area contributed by atoms with Crippen LogP contribution in [0.2, 0.25) is 0 Å². The average Bonchev–Trinajstić information content (AvgIpc) is 1.98. The summed E-state index contributed by atoms with van der Waals surface area (Å²) < 4.78 is 1.47. The molecule has 2 N–H and O–H groups in total. The quantitative estimate of drug-likeness (QED) is 0.622. The molecule has 2 heteroatoms. The van der Waals surface area contributed by atoms with Crippen molar-refractivity contribution in [2.45, 2.75) is 25.8 Å². The van der Waals surface area contributed by atoms with Crippen molar-refractivity contribution < 1.29 is 0 Å². The molecule has 0 fully saturated rings. The second-order valence-corrected chi connectivity index (χ2v) is 3.54. The van der Waals surface area contributed by atoms with Gasteiger partial charge in [-0.1, -0.05) is 0 Å². The fourth-order valence-corrected chi connectivity index (χ4v) is 1.61. The van der Waals surface area contributed by atoms with Crippen LogP contribution in [0.1, 0.15) is 19.8 Å². The summed E-state index contributed by atoms with van der Waals surface area (Å²) in [5, 5.41) is 0. The molecule has 0 aliphatic heterocycles. The molecule has 1 aliphatic carbocycles. The summed E-state index contributed by atoms with van der Waals surface area (Å²) in [4.78, 5) is 0. The van der Waals surface area contributed by atoms with Gasteiger partial charge in [0.1, 0.15) is 0 Å². The van der Waals surface area contributed by atoms with Gasteiger partial charge in [-0.15, -0.1) is 0 Å². The third kappa shape index (κ3) is 1.05. The maximum absolute atomic E-state index is 5.71. The van der Waals surface area contributed by atoms with E-state index in [1.54, 1.807) is 0 Å². The van der Waals surface area contributed by atoms with E-state index in [0.29, 0.717) is 6.04 Å². The van der Waals surface area contributed by atoms with Gasteiger partial charge in [-0.05, 0) is 51.5 Å². The van der Waals surface area contributed by atoms with E-state index in [0.717, 1.165) is 6.42 Å². The minimum Gasteiger partial charge on any atom is -0.324 e. The summed E-state index contributed by atoms with van der Waals surface area (Å²) >= 11 is 2.37. The fourth-order valence-electron chi connectivity index (χ4n) is 0.897. The Bertz CT molecular complexity index is 128. The van der Waals surface area contributed by atoms with E-state index < -0.39 is 0 Å². The molecule has 0 aromatic heterocycles. The summed E-state index contributed by atoms with van der Waals surface area (Å²) in [5.74, 6) is 0. The first-order valence-electron chi connectivity index (χ1n) is 2.82. The largest absolute Gasteiger partial charge is 0.324 e. The Kier molecular flexibility index (Phi) is 1.92. The van der Waals surface area contributed by atoms with Crippen molar-refractivity contribution in [2.75, 3.05) is 0 Å². The third-order valence-corrected chi connectivity index (χ3v) is 3.05. The number of hydrogen-bond donors (Lipinski definition) is 1. The summed E-state index contributed by atoms with van der Waals surface area (Å²) in [5.41, 5.74) is 7.10. The van der Waals surface area contributed by atoms with Crippen molar-refractivity contribution in [2.24, 2.45) is 5.73 Å². The summed E-state index contributed by atoms with van der Waals surface area (Å²) in [6.07, 6.45) is 2.36. The van der Waals surface area contributed by atoms with Crippen LogP contribution in [0.5, 0.6) is 0 Å². The van der Waals surface area contributed by atoms with Crippen molar-refractivity contribution in [3.05, 3.63) is 9.15 Å². The molecule has 0 aromatic carbocycles. The summed E-state index contributed by atoms with van der Waals surface area (Å²) in [7, 11) is 0. The van der Waals surface area contributed by atoms with E-state index in [1.165, 1.54) is 15.6 Å². The zero-order chi connectivity index (χ0) is 6.15. The van der Waals surface area contributed by atoms with E-state index in [2.05, 4.69) is 29.5 Å². The van der Waals surface area contributed by atoms with E-state index in [4.69, 9.17) is 5.73 Å². The molecular weight excluding hydrogens is 213 g/mol. The highest BCUT2D eigenvalue weighted by Gasteiger charge is 2.15. The Balaban J connectivity index is 2.71. The van der Waals surface area contributed by atoms with Crippen molar-refractivity contribution in [1.82, 2.24) is 0 Å². The number of hydrogen-bond acceptors (Lipinski definition) is 1. The lowest BCUT2D eigenvalue weighted by Crippen LogP contribution is -2.16. The highest BCUT2D eigenvalue weighted by Crippen LogP contribution is 2.29. The minimum atomic E-state index is 0.363. The van der Waals surface area contributed by atoms with Crippen LogP contribution in [-0.4, -0.2) is 6.04 Å². The van der Waals surface area contributed by atoms with Gasteiger partial charge in [0.2, 0.25) is 0 Å². The van der Waals surface area contributed by atoms with Gasteiger partial charge >= 0.3 is 0 Å². The first-order valence-corrected chi connectivity index (χ1v) is 3.90. The SMILES string of the molecule is CC1=C(I)CCC1N. The second kappa shape index (κ2) is 2.35. The zero-order valence-corrected chi connectivity index (χ0v) is 7.10. The molecule has 0 saturated heterocycles. The number of allylic oxidation sites excluding steroid dienone is 1. The fraction of sp³-hybridized carbons (Fsp3) is 0.667. The highest BCUT2D eigenvalue weighted by molar-refractivity contribution is 14.1. The number of halogens is 1. The van der Waals surface area contributed by atoms with E-state index in [9.17, 15) is 0 Å². The molecule has 1 nitrogen and oxygen atoms in total. The molecule has 0 radical (unpaired) electrons. The monoisotopic (exact) mass is 223 g/mol. The molecule has 1 atom stereocenters. The van der Waals surface area contributed by atoms with Crippen LogP contribution in [-0.2, 0) is 0 Å². The van der Waals surface area contributed by atoms with Gasteiger partial charge in [0.15, 0.2) is 0 Å². The maximum atomic E-state index is 5.71. The number of nitrogens with two attached hydrogens (primary N) is 1. The first kappa shape index (κ1) is 6.55. The summed E-state index contributed by atoms with van der Waals surface area (Å²) in [6, 6.07) is 0.363. The molecule has 0 amide bonds. The maximum Gasteiger partial charge on any atom is 0.0264 e. The van der Waals surface area contributed by atoms with Crippen molar-refractivity contribution in [1.29, 1.82) is 0 Å². The Labute approximate surface area is 63.5 Å². The molecular formula is C6H10IN. The zero-order valence-electron chi connectivity index (χ0n) is 4.95. The lowest BCUT2D eigenvalue weighted by molar-refractivity contribution is 0.752. The third-order valence-electron chi connectivity index (χ3n) is 1.66. The van der Waals surface area contributed by atoms with Crippen LogP contribution in [0, 0.1) is 0 Å². The van der Waals surface area contributed by atoms with Crippen LogP contribution in [0.3, 0.4) is 0 Å². The van der Waals surface area contributed by atoms with Gasteiger partial charge in [0.25, 0.3) is 0 Å². The van der Waals surface area contributed by atoms with Gasteiger partial charge in [-0.2, -0.15) is 0 Å². The first-order chi connectivity index (χ1) is 3.72. The molecule has 0 bridgehead atoms. The molecule has 1 unspecified atom stereocenters. The smallest absolute Gasteiger partial charge is 0.0264 e. The van der Waals surface area contributed by atoms with E-state index >= 15 is 0 Å². The predicted octanol–water partition coefficient (Wildman–Crippen LogP) is 1.82. The van der Waals surface area contributed by atoms with Gasteiger partial charge in [-0.25, -0.2) is 0 Å². The van der Waals surface area contributed by atoms with Gasteiger partial charge < -0.3 is 5.73 Å². The Morgan fingerprint density at radius 3 is 2.50 bits per heavy atom. The van der Waals surface area contributed by atoms with Crippen molar-refractivity contribution >= 4 is 22.6 Å². The Hall–Kier alpha value is 0.430. The summed E-state index contributed by atoms with van der Waals surface area (Å²) in [6.45, 7) is 2.12. The van der Waals surface area contributed by atoms with Gasteiger partial charge in [-0.3, -0.25) is 0 Å². The molecule has 0 aromatic rings. The highest BCUT2D eigenvalue weighted by atomic mass is 127. The van der Waals surface area contributed by atoms with Gasteiger partial charge in [0, 0.05) is 6.04 Å². The molecule has 1 rings (SSSR count). The molecule has 0 spiro atoms. The van der Waals surface area contributed by atoms with Crippen molar-refractivity contribution in [3.63, 3.8) is 0 Å². The lowest BCUT2D eigenvalue weighted by Gasteiger charge is -2.00. The van der Waals surface area contributed by atoms with Crippen LogP contribution >= 0.6 is 22.6 Å². The van der Waals surface area contributed by atoms with E-state index in [1.807, 2.05) is 0 Å². The van der Waals surface area contributed by atoms with Crippen LogP contribution < -0.4 is 5.73 Å². The molecule has 1 aliphatic rings.